The molecule has 0 spiro atoms. The van der Waals surface area contributed by atoms with E-state index in [1.54, 1.807) is 0 Å². The summed E-state index contributed by atoms with van der Waals surface area (Å²) in [4.78, 5) is 3.16. The van der Waals surface area contributed by atoms with Gasteiger partial charge in [0.15, 0.2) is 0 Å². The molecule has 0 aliphatic carbocycles. The van der Waals surface area contributed by atoms with Gasteiger partial charge in [0, 0.05) is 23.0 Å². The summed E-state index contributed by atoms with van der Waals surface area (Å²) in [6, 6.07) is 8.07. The minimum absolute atomic E-state index is 0.706. The van der Waals surface area contributed by atoms with E-state index in [2.05, 4.69) is 4.98 Å². The number of aromatic amines is 1. The molecule has 2 aromatic rings. The lowest BCUT2D eigenvalue weighted by Gasteiger charge is -2.06. The van der Waals surface area contributed by atoms with Crippen LogP contribution in [-0.4, -0.2) is 17.5 Å². The fourth-order valence-corrected chi connectivity index (χ4v) is 1.75. The molecule has 15 heavy (non-hydrogen) atoms. The van der Waals surface area contributed by atoms with Gasteiger partial charge in [-0.05, 0) is 31.0 Å². The van der Waals surface area contributed by atoms with Gasteiger partial charge in [-0.3, -0.25) is 0 Å². The van der Waals surface area contributed by atoms with Gasteiger partial charge in [-0.1, -0.05) is 6.07 Å². The molecule has 0 saturated heterocycles. The van der Waals surface area contributed by atoms with E-state index in [9.17, 15) is 0 Å². The maximum Gasteiger partial charge on any atom is 0.128 e. The summed E-state index contributed by atoms with van der Waals surface area (Å²) in [6.07, 6.45) is 3.94. The molecule has 0 saturated carbocycles. The number of unbranched alkanes of at least 4 members (excludes halogenated alkanes) is 1. The molecule has 0 fully saturated rings. The second kappa shape index (κ2) is 5.08. The third kappa shape index (κ3) is 2.45. The number of ether oxygens (including phenoxy) is 1. The molecule has 1 heterocycles. The maximum absolute atomic E-state index is 5.70. The van der Waals surface area contributed by atoms with Crippen LogP contribution in [0.3, 0.4) is 0 Å². The second-order valence-electron chi connectivity index (χ2n) is 3.44. The van der Waals surface area contributed by atoms with Gasteiger partial charge >= 0.3 is 0 Å². The summed E-state index contributed by atoms with van der Waals surface area (Å²) < 4.78 is 5.70. The number of hydrogen-bond acceptors (Lipinski definition) is 1. The van der Waals surface area contributed by atoms with Crippen LogP contribution in [0.2, 0.25) is 0 Å². The van der Waals surface area contributed by atoms with Crippen molar-refractivity contribution in [2.24, 2.45) is 0 Å². The van der Waals surface area contributed by atoms with Crippen LogP contribution in [-0.2, 0) is 0 Å². The molecule has 1 aromatic heterocycles. The Bertz CT molecular complexity index is 424. The molecule has 0 amide bonds. The molecule has 3 heteroatoms. The molecule has 2 nitrogen and oxygen atoms in total. The lowest BCUT2D eigenvalue weighted by molar-refractivity contribution is 0.313. The Balaban J connectivity index is 2.04. The summed E-state index contributed by atoms with van der Waals surface area (Å²) in [6.45, 7) is 0.733. The first-order chi connectivity index (χ1) is 7.42. The number of nitrogens with one attached hydrogen (secondary N) is 1. The van der Waals surface area contributed by atoms with Crippen molar-refractivity contribution in [3.63, 3.8) is 0 Å². The van der Waals surface area contributed by atoms with E-state index >= 15 is 0 Å². The van der Waals surface area contributed by atoms with Crippen LogP contribution in [0.4, 0.5) is 0 Å². The number of rotatable bonds is 5. The van der Waals surface area contributed by atoms with Crippen LogP contribution < -0.4 is 4.74 Å². The molecule has 0 radical (unpaired) electrons. The first kappa shape index (κ1) is 10.4. The van der Waals surface area contributed by atoms with E-state index in [-0.39, 0.29) is 0 Å². The summed E-state index contributed by atoms with van der Waals surface area (Å²) in [7, 11) is 0. The van der Waals surface area contributed by atoms with Crippen LogP contribution in [0.1, 0.15) is 12.8 Å². The van der Waals surface area contributed by atoms with Gasteiger partial charge in [-0.2, -0.15) is 0 Å². The summed E-state index contributed by atoms with van der Waals surface area (Å²) >= 11 is 5.60. The monoisotopic (exact) mass is 223 g/mol. The number of alkyl halides is 1. The quantitative estimate of drug-likeness (QED) is 0.609. The van der Waals surface area contributed by atoms with Gasteiger partial charge in [0.05, 0.1) is 6.61 Å². The predicted molar refractivity (Wildman–Crippen MR) is 63.7 cm³/mol. The fourth-order valence-electron chi connectivity index (χ4n) is 1.56. The summed E-state index contributed by atoms with van der Waals surface area (Å²) in [5, 5.41) is 1.14. The Morgan fingerprint density at radius 2 is 2.13 bits per heavy atom. The zero-order valence-electron chi connectivity index (χ0n) is 8.50. The van der Waals surface area contributed by atoms with Gasteiger partial charge < -0.3 is 9.72 Å². The molecule has 0 unspecified atom stereocenters. The predicted octanol–water partition coefficient (Wildman–Crippen LogP) is 3.57. The molecule has 80 valence electrons. The van der Waals surface area contributed by atoms with Gasteiger partial charge in [0.2, 0.25) is 0 Å². The number of H-pyrrole nitrogens is 1. The van der Waals surface area contributed by atoms with Crippen LogP contribution in [0.25, 0.3) is 10.9 Å². The summed E-state index contributed by atoms with van der Waals surface area (Å²) in [5.74, 6) is 1.65. The number of aromatic nitrogens is 1. The lowest BCUT2D eigenvalue weighted by Crippen LogP contribution is -1.97. The van der Waals surface area contributed by atoms with Crippen molar-refractivity contribution in [3.8, 4) is 5.75 Å². The SMILES string of the molecule is ClCCCCOc1cccc2[nH]ccc12. The highest BCUT2D eigenvalue weighted by atomic mass is 35.5. The van der Waals surface area contributed by atoms with Gasteiger partial charge in [0.1, 0.15) is 5.75 Å². The number of hydrogen-bond donors (Lipinski definition) is 1. The standard InChI is InChI=1S/C12H14ClNO/c13-7-1-2-9-15-12-5-3-4-11-10(12)6-8-14-11/h3-6,8,14H,1-2,7,9H2. The topological polar surface area (TPSA) is 25.0 Å². The largest absolute Gasteiger partial charge is 0.493 e. The molecule has 0 atom stereocenters. The van der Waals surface area contributed by atoms with Crippen molar-refractivity contribution in [1.29, 1.82) is 0 Å². The summed E-state index contributed by atoms with van der Waals surface area (Å²) in [5.41, 5.74) is 1.12. The molecule has 0 bridgehead atoms. The highest BCUT2D eigenvalue weighted by Crippen LogP contribution is 2.24. The van der Waals surface area contributed by atoms with E-state index in [4.69, 9.17) is 16.3 Å². The molecular formula is C12H14ClNO. The molecule has 1 aromatic carbocycles. The first-order valence-corrected chi connectivity index (χ1v) is 5.70. The van der Waals surface area contributed by atoms with Gasteiger partial charge in [-0.15, -0.1) is 11.6 Å². The highest BCUT2D eigenvalue weighted by molar-refractivity contribution is 6.17. The average molecular weight is 224 g/mol. The zero-order chi connectivity index (χ0) is 10.5. The van der Waals surface area contributed by atoms with Crippen LogP contribution in [0.5, 0.6) is 5.75 Å². The average Bonchev–Trinajstić information content (AvgIpc) is 2.73. The van der Waals surface area contributed by atoms with Crippen molar-refractivity contribution in [2.45, 2.75) is 12.8 Å². The van der Waals surface area contributed by atoms with E-state index in [1.807, 2.05) is 30.5 Å². The zero-order valence-corrected chi connectivity index (χ0v) is 9.26. The van der Waals surface area contributed by atoms with Crippen molar-refractivity contribution < 1.29 is 4.74 Å². The Morgan fingerprint density at radius 3 is 3.00 bits per heavy atom. The second-order valence-corrected chi connectivity index (χ2v) is 3.82. The lowest BCUT2D eigenvalue weighted by atomic mass is 10.2. The van der Waals surface area contributed by atoms with E-state index in [0.29, 0.717) is 5.88 Å². The molecule has 0 aliphatic heterocycles. The minimum Gasteiger partial charge on any atom is -0.493 e. The Kier molecular flexibility index (Phi) is 3.51. The molecular weight excluding hydrogens is 210 g/mol. The normalized spacial score (nSPS) is 10.7. The Morgan fingerprint density at radius 1 is 1.20 bits per heavy atom. The van der Waals surface area contributed by atoms with Crippen molar-refractivity contribution in [1.82, 2.24) is 4.98 Å². The third-order valence-electron chi connectivity index (χ3n) is 2.34. The van der Waals surface area contributed by atoms with Crippen LogP contribution in [0.15, 0.2) is 30.5 Å². The first-order valence-electron chi connectivity index (χ1n) is 5.16. The smallest absolute Gasteiger partial charge is 0.128 e. The molecule has 0 aliphatic rings. The molecule has 2 rings (SSSR count). The van der Waals surface area contributed by atoms with Crippen molar-refractivity contribution >= 4 is 22.5 Å². The van der Waals surface area contributed by atoms with Gasteiger partial charge in [-0.25, -0.2) is 0 Å². The highest BCUT2D eigenvalue weighted by Gasteiger charge is 2.01. The van der Waals surface area contributed by atoms with Crippen LogP contribution >= 0.6 is 11.6 Å². The Hall–Kier alpha value is -1.15. The number of benzene rings is 1. The number of halogens is 1. The number of fused-ring (bicyclic) bond motifs is 1. The fraction of sp³-hybridized carbons (Fsp3) is 0.333. The molecule has 1 N–H and O–H groups in total. The third-order valence-corrected chi connectivity index (χ3v) is 2.61. The van der Waals surface area contributed by atoms with E-state index in [0.717, 1.165) is 36.1 Å². The Labute approximate surface area is 94.2 Å². The van der Waals surface area contributed by atoms with E-state index < -0.39 is 0 Å². The van der Waals surface area contributed by atoms with Crippen molar-refractivity contribution in [2.75, 3.05) is 12.5 Å². The maximum atomic E-state index is 5.70. The van der Waals surface area contributed by atoms with Crippen LogP contribution in [0, 0.1) is 0 Å². The van der Waals surface area contributed by atoms with E-state index in [1.165, 1.54) is 0 Å². The van der Waals surface area contributed by atoms with Gasteiger partial charge in [0.25, 0.3) is 0 Å². The van der Waals surface area contributed by atoms with Crippen molar-refractivity contribution in [3.05, 3.63) is 30.5 Å². The minimum atomic E-state index is 0.706.